The fourth-order valence-electron chi connectivity index (χ4n) is 8.35. The van der Waals surface area contributed by atoms with E-state index in [4.69, 9.17) is 0 Å². The van der Waals surface area contributed by atoms with E-state index in [0.29, 0.717) is 0 Å². The number of nitrogens with zero attached hydrogens (tertiary/aromatic N) is 1. The van der Waals surface area contributed by atoms with Gasteiger partial charge >= 0.3 is 0 Å². The Balaban J connectivity index is 1.27. The van der Waals surface area contributed by atoms with Gasteiger partial charge in [-0.2, -0.15) is 0 Å². The van der Waals surface area contributed by atoms with Crippen molar-refractivity contribution in [2.45, 2.75) is 19.3 Å². The Hall–Kier alpha value is -5.96. The summed E-state index contributed by atoms with van der Waals surface area (Å²) in [5.74, 6) is 0. The molecule has 9 aromatic rings. The zero-order valence-electron chi connectivity index (χ0n) is 28.6. The van der Waals surface area contributed by atoms with Gasteiger partial charge in [0.25, 0.3) is 0 Å². The Labute approximate surface area is 302 Å². The van der Waals surface area contributed by atoms with Gasteiger partial charge in [0.05, 0.1) is 21.8 Å². The Morgan fingerprint density at radius 1 is 0.431 bits per heavy atom. The second-order valence-electron chi connectivity index (χ2n) is 14.1. The van der Waals surface area contributed by atoms with Crippen LogP contribution in [0.1, 0.15) is 25.0 Å². The number of rotatable bonds is 5. The van der Waals surface area contributed by atoms with Crippen LogP contribution in [0.25, 0.3) is 64.3 Å². The minimum absolute atomic E-state index is 0.108. The molecule has 10 rings (SSSR count). The number of hydrogen-bond acceptors (Lipinski definition) is 2. The topological polar surface area (TPSA) is 3.24 Å². The van der Waals surface area contributed by atoms with Crippen molar-refractivity contribution in [2.24, 2.45) is 0 Å². The van der Waals surface area contributed by atoms with E-state index in [9.17, 15) is 0 Å². The smallest absolute Gasteiger partial charge is 0.0640 e. The monoisotopic (exact) mass is 669 g/mol. The molecule has 1 nitrogen and oxygen atoms in total. The molecule has 2 heteroatoms. The third kappa shape index (κ3) is 4.67. The van der Waals surface area contributed by atoms with Gasteiger partial charge in [-0.3, -0.25) is 0 Å². The number of benzene rings is 8. The lowest BCUT2D eigenvalue weighted by atomic mass is 9.82. The van der Waals surface area contributed by atoms with Crippen molar-refractivity contribution in [1.29, 1.82) is 0 Å². The maximum absolute atomic E-state index is 2.55. The number of hydrogen-bond donors (Lipinski definition) is 0. The summed E-state index contributed by atoms with van der Waals surface area (Å²) in [7, 11) is 0. The average molecular weight is 670 g/mol. The number of thiophene rings is 1. The van der Waals surface area contributed by atoms with E-state index >= 15 is 0 Å². The minimum atomic E-state index is -0.108. The maximum Gasteiger partial charge on any atom is 0.0640 e. The van der Waals surface area contributed by atoms with Crippen molar-refractivity contribution in [3.05, 3.63) is 187 Å². The molecule has 0 bridgehead atoms. The van der Waals surface area contributed by atoms with Gasteiger partial charge in [0, 0.05) is 32.0 Å². The molecule has 0 spiro atoms. The summed E-state index contributed by atoms with van der Waals surface area (Å²) >= 11 is 1.89. The molecule has 0 unspecified atom stereocenters. The van der Waals surface area contributed by atoms with Gasteiger partial charge in [0.15, 0.2) is 0 Å². The standard InChI is InChI=1S/C49H35NS/c1-49(2)41-21-10-8-19-39(41)47-42(49)22-13-24-44(47)50(43-23-11-9-18-37(43)36-27-26-33-16-6-7-17-34(33)30-36)45-25-12-20-38-40-31-35(32-14-4-3-5-15-32)28-29-46(40)51-48(38)45/h3-31H,1-2H3. The van der Waals surface area contributed by atoms with Crippen molar-refractivity contribution in [3.63, 3.8) is 0 Å². The molecule has 1 heterocycles. The number of anilines is 3. The van der Waals surface area contributed by atoms with Gasteiger partial charge < -0.3 is 4.90 Å². The Morgan fingerprint density at radius 2 is 1.10 bits per heavy atom. The lowest BCUT2D eigenvalue weighted by Gasteiger charge is -2.31. The predicted octanol–water partition coefficient (Wildman–Crippen LogP) is 14.3. The number of fused-ring (bicyclic) bond motifs is 7. The highest BCUT2D eigenvalue weighted by atomic mass is 32.1. The van der Waals surface area contributed by atoms with Crippen LogP contribution < -0.4 is 4.90 Å². The maximum atomic E-state index is 2.55. The quantitative estimate of drug-likeness (QED) is 0.176. The third-order valence-electron chi connectivity index (χ3n) is 10.9. The molecule has 8 aromatic carbocycles. The first-order valence-corrected chi connectivity index (χ1v) is 18.5. The van der Waals surface area contributed by atoms with Gasteiger partial charge in [-0.15, -0.1) is 11.3 Å². The highest BCUT2D eigenvalue weighted by Crippen LogP contribution is 2.56. The second-order valence-corrected chi connectivity index (χ2v) is 15.2. The van der Waals surface area contributed by atoms with Gasteiger partial charge in [-0.25, -0.2) is 0 Å². The van der Waals surface area contributed by atoms with E-state index in [-0.39, 0.29) is 5.41 Å². The Bertz CT molecular complexity index is 2790. The second kappa shape index (κ2) is 11.6. The summed E-state index contributed by atoms with van der Waals surface area (Å²) < 4.78 is 2.58. The summed E-state index contributed by atoms with van der Waals surface area (Å²) in [6, 6.07) is 64.9. The van der Waals surface area contributed by atoms with Gasteiger partial charge in [0.1, 0.15) is 0 Å². The summed E-state index contributed by atoms with van der Waals surface area (Å²) in [5.41, 5.74) is 13.7. The lowest BCUT2D eigenvalue weighted by molar-refractivity contribution is 0.660. The highest BCUT2D eigenvalue weighted by molar-refractivity contribution is 7.26. The fourth-order valence-corrected chi connectivity index (χ4v) is 9.54. The van der Waals surface area contributed by atoms with E-state index in [2.05, 4.69) is 195 Å². The van der Waals surface area contributed by atoms with E-state index in [1.807, 2.05) is 11.3 Å². The van der Waals surface area contributed by atoms with Crippen molar-refractivity contribution in [3.8, 4) is 33.4 Å². The average Bonchev–Trinajstić information content (AvgIpc) is 3.68. The summed E-state index contributed by atoms with van der Waals surface area (Å²) in [4.78, 5) is 2.55. The lowest BCUT2D eigenvalue weighted by Crippen LogP contribution is -2.16. The van der Waals surface area contributed by atoms with Crippen LogP contribution in [-0.4, -0.2) is 0 Å². The minimum Gasteiger partial charge on any atom is -0.308 e. The van der Waals surface area contributed by atoms with E-state index in [0.717, 1.165) is 0 Å². The molecule has 1 aliphatic rings. The molecule has 0 N–H and O–H groups in total. The first kappa shape index (κ1) is 29.9. The van der Waals surface area contributed by atoms with Gasteiger partial charge in [0.2, 0.25) is 0 Å². The van der Waals surface area contributed by atoms with Crippen molar-refractivity contribution in [2.75, 3.05) is 4.90 Å². The predicted molar refractivity (Wildman–Crippen MR) is 220 cm³/mol. The van der Waals surface area contributed by atoms with Crippen molar-refractivity contribution in [1.82, 2.24) is 0 Å². The van der Waals surface area contributed by atoms with Crippen LogP contribution >= 0.6 is 11.3 Å². The van der Waals surface area contributed by atoms with Crippen LogP contribution in [0.5, 0.6) is 0 Å². The first-order valence-electron chi connectivity index (χ1n) is 17.7. The zero-order chi connectivity index (χ0) is 34.1. The zero-order valence-corrected chi connectivity index (χ0v) is 29.4. The molecule has 0 atom stereocenters. The number of para-hydroxylation sites is 1. The van der Waals surface area contributed by atoms with Crippen molar-refractivity contribution < 1.29 is 0 Å². The third-order valence-corrected chi connectivity index (χ3v) is 12.1. The van der Waals surface area contributed by atoms with Crippen LogP contribution in [0, 0.1) is 0 Å². The molecule has 0 saturated heterocycles. The molecular formula is C49H35NS. The van der Waals surface area contributed by atoms with Crippen LogP contribution in [0.15, 0.2) is 176 Å². The molecular weight excluding hydrogens is 635 g/mol. The van der Waals surface area contributed by atoms with Crippen LogP contribution in [0.3, 0.4) is 0 Å². The molecule has 0 amide bonds. The Morgan fingerprint density at radius 3 is 1.98 bits per heavy atom. The van der Waals surface area contributed by atoms with E-state index in [1.165, 1.54) is 92.5 Å². The summed E-state index contributed by atoms with van der Waals surface area (Å²) in [5, 5.41) is 5.08. The molecule has 0 radical (unpaired) electrons. The van der Waals surface area contributed by atoms with Crippen LogP contribution in [0.4, 0.5) is 17.1 Å². The van der Waals surface area contributed by atoms with E-state index < -0.39 is 0 Å². The summed E-state index contributed by atoms with van der Waals surface area (Å²) in [6.45, 7) is 4.73. The molecule has 51 heavy (non-hydrogen) atoms. The van der Waals surface area contributed by atoms with Crippen LogP contribution in [0.2, 0.25) is 0 Å². The molecule has 0 aliphatic heterocycles. The molecule has 1 aromatic heterocycles. The van der Waals surface area contributed by atoms with Gasteiger partial charge in [-0.1, -0.05) is 153 Å². The molecule has 0 saturated carbocycles. The highest BCUT2D eigenvalue weighted by Gasteiger charge is 2.38. The van der Waals surface area contributed by atoms with Crippen molar-refractivity contribution >= 4 is 59.3 Å². The van der Waals surface area contributed by atoms with E-state index in [1.54, 1.807) is 0 Å². The molecule has 0 fully saturated rings. The fraction of sp³-hybridized carbons (Fsp3) is 0.0612. The Kier molecular flexibility index (Phi) is 6.78. The first-order chi connectivity index (χ1) is 25.1. The largest absolute Gasteiger partial charge is 0.308 e. The van der Waals surface area contributed by atoms with Gasteiger partial charge in [-0.05, 0) is 80.6 Å². The molecule has 1 aliphatic carbocycles. The van der Waals surface area contributed by atoms with Crippen LogP contribution in [-0.2, 0) is 5.41 Å². The summed E-state index contributed by atoms with van der Waals surface area (Å²) in [6.07, 6.45) is 0. The molecule has 242 valence electrons. The SMILES string of the molecule is CC1(C)c2ccccc2-c2c(N(c3ccccc3-c3ccc4ccccc4c3)c3cccc4c3sc3ccc(-c5ccccc5)cc34)cccc21. The normalized spacial score (nSPS) is 13.1.